The molecule has 3 aromatic rings. The summed E-state index contributed by atoms with van der Waals surface area (Å²) in [6.45, 7) is 2.05. The Morgan fingerprint density at radius 3 is 2.30 bits per heavy atom. The van der Waals surface area contributed by atoms with Crippen LogP contribution in [0.25, 0.3) is 0 Å². The van der Waals surface area contributed by atoms with Crippen LogP contribution in [-0.2, 0) is 11.3 Å². The second-order valence-corrected chi connectivity index (χ2v) is 6.38. The van der Waals surface area contributed by atoms with Gasteiger partial charge in [-0.2, -0.15) is 0 Å². The van der Waals surface area contributed by atoms with Gasteiger partial charge >= 0.3 is 5.97 Å². The molecule has 0 fully saturated rings. The van der Waals surface area contributed by atoms with Gasteiger partial charge < -0.3 is 14.2 Å². The Morgan fingerprint density at radius 1 is 0.900 bits per heavy atom. The molecule has 0 radical (unpaired) electrons. The molecular formula is C24H21FO5. The molecule has 3 rings (SSSR count). The molecular weight excluding hydrogens is 387 g/mol. The third kappa shape index (κ3) is 4.84. The number of carbonyl (C=O) groups excluding carboxylic acids is 2. The second kappa shape index (κ2) is 9.69. The molecule has 0 saturated carbocycles. The van der Waals surface area contributed by atoms with Gasteiger partial charge in [-0.15, -0.1) is 0 Å². The predicted molar refractivity (Wildman–Crippen MR) is 110 cm³/mol. The molecule has 5 nitrogen and oxygen atoms in total. The van der Waals surface area contributed by atoms with Crippen LogP contribution in [0.4, 0.5) is 4.39 Å². The summed E-state index contributed by atoms with van der Waals surface area (Å²) in [5.74, 6) is -1.18. The minimum Gasteiger partial charge on any atom is -0.493 e. The number of esters is 1. The molecule has 0 aliphatic heterocycles. The van der Waals surface area contributed by atoms with Crippen molar-refractivity contribution in [3.8, 4) is 11.5 Å². The lowest BCUT2D eigenvalue weighted by molar-refractivity contribution is 0.0523. The number of halogens is 1. The molecule has 0 aliphatic carbocycles. The zero-order valence-electron chi connectivity index (χ0n) is 16.7. The number of carbonyl (C=O) groups is 2. The minimum atomic E-state index is -0.676. The molecule has 0 amide bonds. The number of ether oxygens (including phenoxy) is 3. The van der Waals surface area contributed by atoms with E-state index in [2.05, 4.69) is 0 Å². The van der Waals surface area contributed by atoms with Crippen molar-refractivity contribution in [1.29, 1.82) is 0 Å². The summed E-state index contributed by atoms with van der Waals surface area (Å²) in [5, 5.41) is 0. The van der Waals surface area contributed by atoms with Gasteiger partial charge in [0.1, 0.15) is 12.4 Å². The van der Waals surface area contributed by atoms with E-state index in [1.807, 2.05) is 30.3 Å². The Morgan fingerprint density at radius 2 is 1.63 bits per heavy atom. The summed E-state index contributed by atoms with van der Waals surface area (Å²) < 4.78 is 29.9. The van der Waals surface area contributed by atoms with E-state index < -0.39 is 17.6 Å². The molecule has 0 N–H and O–H groups in total. The van der Waals surface area contributed by atoms with Gasteiger partial charge in [-0.1, -0.05) is 42.5 Å². The van der Waals surface area contributed by atoms with Crippen LogP contribution in [0, 0.1) is 5.82 Å². The lowest BCUT2D eigenvalue weighted by Gasteiger charge is -2.15. The van der Waals surface area contributed by atoms with Crippen molar-refractivity contribution in [2.45, 2.75) is 13.5 Å². The Bertz CT molecular complexity index is 1050. The van der Waals surface area contributed by atoms with E-state index in [4.69, 9.17) is 14.2 Å². The molecule has 0 heterocycles. The normalized spacial score (nSPS) is 10.4. The predicted octanol–water partition coefficient (Wildman–Crippen LogP) is 4.82. The fraction of sp³-hybridized carbons (Fsp3) is 0.167. The fourth-order valence-electron chi connectivity index (χ4n) is 2.92. The number of methoxy groups -OCH3 is 1. The monoisotopic (exact) mass is 408 g/mol. The number of ketones is 1. The van der Waals surface area contributed by atoms with Crippen molar-refractivity contribution in [2.75, 3.05) is 13.7 Å². The maximum atomic E-state index is 13.6. The van der Waals surface area contributed by atoms with Crippen molar-refractivity contribution in [1.82, 2.24) is 0 Å². The van der Waals surface area contributed by atoms with Gasteiger partial charge in [0.15, 0.2) is 17.3 Å². The van der Waals surface area contributed by atoms with Crippen molar-refractivity contribution in [3.05, 3.63) is 94.8 Å². The van der Waals surface area contributed by atoms with Crippen LogP contribution in [0.5, 0.6) is 11.5 Å². The first-order valence-corrected chi connectivity index (χ1v) is 9.39. The van der Waals surface area contributed by atoms with Crippen molar-refractivity contribution in [3.63, 3.8) is 0 Å². The van der Waals surface area contributed by atoms with Gasteiger partial charge in [-0.25, -0.2) is 9.18 Å². The third-order valence-electron chi connectivity index (χ3n) is 4.37. The molecule has 0 aromatic heterocycles. The number of benzene rings is 3. The second-order valence-electron chi connectivity index (χ2n) is 6.38. The first-order chi connectivity index (χ1) is 14.5. The summed E-state index contributed by atoms with van der Waals surface area (Å²) in [6, 6.07) is 17.6. The van der Waals surface area contributed by atoms with Gasteiger partial charge in [0.25, 0.3) is 0 Å². The average Bonchev–Trinajstić information content (AvgIpc) is 2.77. The molecule has 30 heavy (non-hydrogen) atoms. The van der Waals surface area contributed by atoms with Gasteiger partial charge in [0, 0.05) is 11.1 Å². The third-order valence-corrected chi connectivity index (χ3v) is 4.37. The topological polar surface area (TPSA) is 61.8 Å². The summed E-state index contributed by atoms with van der Waals surface area (Å²) in [6.07, 6.45) is 0. The highest BCUT2D eigenvalue weighted by Gasteiger charge is 2.24. The van der Waals surface area contributed by atoms with Crippen molar-refractivity contribution in [2.24, 2.45) is 0 Å². The Labute approximate surface area is 174 Å². The average molecular weight is 408 g/mol. The van der Waals surface area contributed by atoms with Crippen LogP contribution < -0.4 is 9.47 Å². The van der Waals surface area contributed by atoms with Crippen LogP contribution in [0.1, 0.15) is 38.8 Å². The Balaban J connectivity index is 2.04. The summed E-state index contributed by atoms with van der Waals surface area (Å²) in [4.78, 5) is 25.6. The minimum absolute atomic E-state index is 0.0232. The van der Waals surface area contributed by atoms with Crippen molar-refractivity contribution >= 4 is 11.8 Å². The van der Waals surface area contributed by atoms with Gasteiger partial charge in [0.2, 0.25) is 0 Å². The highest BCUT2D eigenvalue weighted by Crippen LogP contribution is 2.33. The molecule has 0 bridgehead atoms. The van der Waals surface area contributed by atoms with Gasteiger partial charge in [-0.3, -0.25) is 4.79 Å². The molecule has 0 spiro atoms. The zero-order chi connectivity index (χ0) is 21.5. The SMILES string of the molecule is CCOC(=O)c1cc(OC)c(OCc2ccccc2)cc1C(=O)c1cccc(F)c1. The van der Waals surface area contributed by atoms with E-state index >= 15 is 0 Å². The molecule has 0 aliphatic rings. The standard InChI is InChI=1S/C24H21FO5/c1-3-29-24(27)20-14-21(28-2)22(30-15-16-8-5-4-6-9-16)13-19(20)23(26)17-10-7-11-18(25)12-17/h4-14H,3,15H2,1-2H3. The first kappa shape index (κ1) is 21.0. The van der Waals surface area contributed by atoms with E-state index in [9.17, 15) is 14.0 Å². The number of rotatable bonds is 8. The van der Waals surface area contributed by atoms with Crippen LogP contribution in [-0.4, -0.2) is 25.5 Å². The highest BCUT2D eigenvalue weighted by atomic mass is 19.1. The summed E-state index contributed by atoms with van der Waals surface area (Å²) in [5.41, 5.74) is 1.10. The molecule has 154 valence electrons. The summed E-state index contributed by atoms with van der Waals surface area (Å²) >= 11 is 0. The van der Waals surface area contributed by atoms with Gasteiger partial charge in [0.05, 0.1) is 19.3 Å². The Kier molecular flexibility index (Phi) is 6.80. The first-order valence-electron chi connectivity index (χ1n) is 9.39. The van der Waals surface area contributed by atoms with E-state index in [1.165, 1.54) is 37.4 Å². The van der Waals surface area contributed by atoms with E-state index in [0.29, 0.717) is 0 Å². The lowest BCUT2D eigenvalue weighted by Crippen LogP contribution is -2.14. The molecule has 0 saturated heterocycles. The van der Waals surface area contributed by atoms with E-state index in [1.54, 1.807) is 6.92 Å². The molecule has 0 unspecified atom stereocenters. The lowest BCUT2D eigenvalue weighted by atomic mass is 9.97. The van der Waals surface area contributed by atoms with Crippen LogP contribution in [0.15, 0.2) is 66.7 Å². The van der Waals surface area contributed by atoms with Gasteiger partial charge in [-0.05, 0) is 36.8 Å². The van der Waals surface area contributed by atoms with E-state index in [0.717, 1.165) is 11.6 Å². The number of hydrogen-bond acceptors (Lipinski definition) is 5. The maximum absolute atomic E-state index is 13.6. The molecule has 0 atom stereocenters. The quantitative estimate of drug-likeness (QED) is 0.395. The zero-order valence-corrected chi connectivity index (χ0v) is 16.7. The maximum Gasteiger partial charge on any atom is 0.339 e. The molecule has 6 heteroatoms. The fourth-order valence-corrected chi connectivity index (χ4v) is 2.92. The van der Waals surface area contributed by atoms with Crippen molar-refractivity contribution < 1.29 is 28.2 Å². The van der Waals surface area contributed by atoms with Crippen LogP contribution >= 0.6 is 0 Å². The summed E-state index contributed by atoms with van der Waals surface area (Å²) in [7, 11) is 1.44. The van der Waals surface area contributed by atoms with Crippen LogP contribution in [0.3, 0.4) is 0 Å². The Hall–Kier alpha value is -3.67. The van der Waals surface area contributed by atoms with Crippen LogP contribution in [0.2, 0.25) is 0 Å². The smallest absolute Gasteiger partial charge is 0.339 e. The largest absolute Gasteiger partial charge is 0.493 e. The highest BCUT2D eigenvalue weighted by molar-refractivity contribution is 6.15. The number of hydrogen-bond donors (Lipinski definition) is 0. The molecule has 3 aromatic carbocycles. The van der Waals surface area contributed by atoms with E-state index in [-0.39, 0.29) is 41.4 Å².